The largest absolute Gasteiger partial charge is 0.394 e. The number of hydrogen-bond acceptors (Lipinski definition) is 2. The van der Waals surface area contributed by atoms with Gasteiger partial charge < -0.3 is 10.0 Å². The summed E-state index contributed by atoms with van der Waals surface area (Å²) in [5.41, 5.74) is 2.24. The molecule has 1 atom stereocenters. The lowest BCUT2D eigenvalue weighted by Crippen LogP contribution is -2.38. The van der Waals surface area contributed by atoms with E-state index in [2.05, 4.69) is 0 Å². The number of aryl methyl sites for hydroxylation is 1. The predicted molar refractivity (Wildman–Crippen MR) is 66.7 cm³/mol. The van der Waals surface area contributed by atoms with Gasteiger partial charge in [0.15, 0.2) is 0 Å². The molecule has 0 aromatic heterocycles. The highest BCUT2D eigenvalue weighted by molar-refractivity contribution is 5.79. The number of aliphatic hydroxyl groups is 1. The molecule has 0 saturated carbocycles. The molecule has 0 spiro atoms. The van der Waals surface area contributed by atoms with Crippen LogP contribution >= 0.6 is 0 Å². The van der Waals surface area contributed by atoms with Crippen molar-refractivity contribution in [2.75, 3.05) is 13.2 Å². The van der Waals surface area contributed by atoms with E-state index in [9.17, 15) is 9.90 Å². The Morgan fingerprint density at radius 2 is 2.24 bits per heavy atom. The zero-order chi connectivity index (χ0) is 12.3. The Labute approximate surface area is 102 Å². The van der Waals surface area contributed by atoms with E-state index in [1.165, 1.54) is 0 Å². The van der Waals surface area contributed by atoms with Crippen molar-refractivity contribution in [2.24, 2.45) is 0 Å². The maximum absolute atomic E-state index is 12.2. The van der Waals surface area contributed by atoms with Crippen LogP contribution in [0.5, 0.6) is 0 Å². The summed E-state index contributed by atoms with van der Waals surface area (Å²) in [5, 5.41) is 9.21. The highest BCUT2D eigenvalue weighted by Gasteiger charge is 2.27. The summed E-state index contributed by atoms with van der Waals surface area (Å²) in [4.78, 5) is 14.0. The third kappa shape index (κ3) is 2.67. The summed E-state index contributed by atoms with van der Waals surface area (Å²) in [6, 6.07) is 8.00. The number of hydrogen-bond donors (Lipinski definition) is 1. The van der Waals surface area contributed by atoms with Crippen molar-refractivity contribution < 1.29 is 9.90 Å². The van der Waals surface area contributed by atoms with Gasteiger partial charge >= 0.3 is 0 Å². The van der Waals surface area contributed by atoms with Crippen molar-refractivity contribution in [2.45, 2.75) is 32.2 Å². The lowest BCUT2D eigenvalue weighted by atomic mass is 10.1. The van der Waals surface area contributed by atoms with Crippen molar-refractivity contribution >= 4 is 5.91 Å². The van der Waals surface area contributed by atoms with Crippen molar-refractivity contribution in [3.63, 3.8) is 0 Å². The van der Waals surface area contributed by atoms with Crippen LogP contribution in [0, 0.1) is 6.92 Å². The van der Waals surface area contributed by atoms with E-state index >= 15 is 0 Å². The number of amides is 1. The van der Waals surface area contributed by atoms with E-state index in [1.54, 1.807) is 0 Å². The van der Waals surface area contributed by atoms with Gasteiger partial charge in [0, 0.05) is 6.54 Å². The first kappa shape index (κ1) is 12.1. The molecule has 1 aliphatic heterocycles. The molecule has 1 heterocycles. The minimum absolute atomic E-state index is 0.0338. The van der Waals surface area contributed by atoms with Gasteiger partial charge in [0.05, 0.1) is 19.1 Å². The summed E-state index contributed by atoms with van der Waals surface area (Å²) in [5.74, 6) is 0.135. The van der Waals surface area contributed by atoms with Gasteiger partial charge in [-0.3, -0.25) is 4.79 Å². The van der Waals surface area contributed by atoms with Crippen LogP contribution in [-0.4, -0.2) is 35.1 Å². The fraction of sp³-hybridized carbons (Fsp3) is 0.500. The maximum Gasteiger partial charge on any atom is 0.227 e. The van der Waals surface area contributed by atoms with Gasteiger partial charge in [-0.05, 0) is 30.9 Å². The molecular formula is C14H19NO2. The van der Waals surface area contributed by atoms with Crippen LogP contribution in [0.15, 0.2) is 24.3 Å². The van der Waals surface area contributed by atoms with E-state index in [1.807, 2.05) is 36.1 Å². The van der Waals surface area contributed by atoms with Crippen molar-refractivity contribution in [1.29, 1.82) is 0 Å². The SMILES string of the molecule is Cc1ccccc1CC(=O)N1CCC[C@@H]1CO. The Balaban J connectivity index is 2.04. The first-order valence-corrected chi connectivity index (χ1v) is 6.17. The van der Waals surface area contributed by atoms with Crippen LogP contribution in [0.2, 0.25) is 0 Å². The van der Waals surface area contributed by atoms with Gasteiger partial charge in [-0.15, -0.1) is 0 Å². The molecule has 1 fully saturated rings. The summed E-state index contributed by atoms with van der Waals surface area (Å²) in [6.45, 7) is 2.89. The smallest absolute Gasteiger partial charge is 0.227 e. The van der Waals surface area contributed by atoms with Gasteiger partial charge in [-0.1, -0.05) is 24.3 Å². The molecule has 2 rings (SSSR count). The number of rotatable bonds is 3. The number of carbonyl (C=O) groups excluding carboxylic acids is 1. The Hall–Kier alpha value is -1.35. The number of carbonyl (C=O) groups is 1. The lowest BCUT2D eigenvalue weighted by Gasteiger charge is -2.23. The molecule has 17 heavy (non-hydrogen) atoms. The number of benzene rings is 1. The topological polar surface area (TPSA) is 40.5 Å². The Bertz CT molecular complexity index is 403. The summed E-state index contributed by atoms with van der Waals surface area (Å²) in [7, 11) is 0. The summed E-state index contributed by atoms with van der Waals surface area (Å²) >= 11 is 0. The zero-order valence-corrected chi connectivity index (χ0v) is 10.2. The zero-order valence-electron chi connectivity index (χ0n) is 10.2. The molecular weight excluding hydrogens is 214 g/mol. The van der Waals surface area contributed by atoms with Gasteiger partial charge in [0.25, 0.3) is 0 Å². The third-order valence-electron chi connectivity index (χ3n) is 3.51. The van der Waals surface area contributed by atoms with E-state index in [0.29, 0.717) is 6.42 Å². The van der Waals surface area contributed by atoms with Crippen LogP contribution in [0.25, 0.3) is 0 Å². The molecule has 0 radical (unpaired) electrons. The molecule has 3 nitrogen and oxygen atoms in total. The standard InChI is InChI=1S/C14H19NO2/c1-11-5-2-3-6-12(11)9-14(17)15-8-4-7-13(15)10-16/h2-3,5-6,13,16H,4,7-10H2,1H3/t13-/m1/s1. The average molecular weight is 233 g/mol. The van der Waals surface area contributed by atoms with Gasteiger partial charge in [-0.25, -0.2) is 0 Å². The molecule has 92 valence electrons. The summed E-state index contributed by atoms with van der Waals surface area (Å²) in [6.07, 6.45) is 2.38. The first-order valence-electron chi connectivity index (χ1n) is 6.17. The van der Waals surface area contributed by atoms with Gasteiger partial charge in [0.2, 0.25) is 5.91 Å². The Morgan fingerprint density at radius 1 is 1.47 bits per heavy atom. The fourth-order valence-electron chi connectivity index (χ4n) is 2.43. The molecule has 1 N–H and O–H groups in total. The molecule has 0 aliphatic carbocycles. The normalized spacial score (nSPS) is 19.6. The molecule has 1 aliphatic rings. The van der Waals surface area contributed by atoms with Crippen LogP contribution in [0.4, 0.5) is 0 Å². The maximum atomic E-state index is 12.2. The minimum Gasteiger partial charge on any atom is -0.394 e. The molecule has 0 unspecified atom stereocenters. The summed E-state index contributed by atoms with van der Waals surface area (Å²) < 4.78 is 0. The molecule has 1 aromatic carbocycles. The Morgan fingerprint density at radius 3 is 2.94 bits per heavy atom. The van der Waals surface area contributed by atoms with E-state index in [4.69, 9.17) is 0 Å². The average Bonchev–Trinajstić information content (AvgIpc) is 2.80. The molecule has 0 bridgehead atoms. The van der Waals surface area contributed by atoms with Crippen LogP contribution in [0.3, 0.4) is 0 Å². The predicted octanol–water partition coefficient (Wildman–Crippen LogP) is 1.52. The van der Waals surface area contributed by atoms with Crippen molar-refractivity contribution in [3.8, 4) is 0 Å². The van der Waals surface area contributed by atoms with E-state index < -0.39 is 0 Å². The minimum atomic E-state index is 0.0338. The third-order valence-corrected chi connectivity index (χ3v) is 3.51. The number of likely N-dealkylation sites (tertiary alicyclic amines) is 1. The second-order valence-corrected chi connectivity index (χ2v) is 4.67. The van der Waals surface area contributed by atoms with Gasteiger partial charge in [0.1, 0.15) is 0 Å². The van der Waals surface area contributed by atoms with Crippen molar-refractivity contribution in [1.82, 2.24) is 4.90 Å². The lowest BCUT2D eigenvalue weighted by molar-refractivity contribution is -0.132. The van der Waals surface area contributed by atoms with Crippen LogP contribution < -0.4 is 0 Å². The number of aliphatic hydroxyl groups excluding tert-OH is 1. The van der Waals surface area contributed by atoms with E-state index in [-0.39, 0.29) is 18.6 Å². The van der Waals surface area contributed by atoms with Crippen molar-refractivity contribution in [3.05, 3.63) is 35.4 Å². The fourth-order valence-corrected chi connectivity index (χ4v) is 2.43. The monoisotopic (exact) mass is 233 g/mol. The second-order valence-electron chi connectivity index (χ2n) is 4.67. The van der Waals surface area contributed by atoms with Crippen LogP contribution in [-0.2, 0) is 11.2 Å². The second kappa shape index (κ2) is 5.32. The highest BCUT2D eigenvalue weighted by atomic mass is 16.3. The Kier molecular flexibility index (Phi) is 3.79. The molecule has 3 heteroatoms. The first-order chi connectivity index (χ1) is 8.22. The quantitative estimate of drug-likeness (QED) is 0.860. The highest BCUT2D eigenvalue weighted by Crippen LogP contribution is 2.18. The van der Waals surface area contributed by atoms with Gasteiger partial charge in [-0.2, -0.15) is 0 Å². The molecule has 1 aromatic rings. The van der Waals surface area contributed by atoms with E-state index in [0.717, 1.165) is 30.5 Å². The van der Waals surface area contributed by atoms with Crippen LogP contribution in [0.1, 0.15) is 24.0 Å². The number of nitrogens with zero attached hydrogens (tertiary/aromatic N) is 1. The molecule has 1 saturated heterocycles. The molecule has 1 amide bonds.